The van der Waals surface area contributed by atoms with Gasteiger partial charge in [-0.3, -0.25) is 4.79 Å². The van der Waals surface area contributed by atoms with Gasteiger partial charge < -0.3 is 4.74 Å². The highest BCUT2D eigenvalue weighted by atomic mass is 32.1. The van der Waals surface area contributed by atoms with Crippen molar-refractivity contribution in [1.82, 2.24) is 14.6 Å². The van der Waals surface area contributed by atoms with E-state index in [9.17, 15) is 9.59 Å². The van der Waals surface area contributed by atoms with Crippen LogP contribution in [0.3, 0.4) is 0 Å². The highest BCUT2D eigenvalue weighted by molar-refractivity contribution is 7.13. The molecule has 0 aliphatic heterocycles. The number of methoxy groups -OCH3 is 1. The standard InChI is InChI=1S/C14H11N3O3S/c1-8(18)11-6-10(14(19)20-2)15-13-7-9(16-17(11)13)12-4-3-5-21-12/h3-7H,1-2H3. The van der Waals surface area contributed by atoms with Crippen molar-refractivity contribution in [2.45, 2.75) is 6.92 Å². The summed E-state index contributed by atoms with van der Waals surface area (Å²) >= 11 is 1.54. The Morgan fingerprint density at radius 2 is 2.14 bits per heavy atom. The summed E-state index contributed by atoms with van der Waals surface area (Å²) in [7, 11) is 1.27. The van der Waals surface area contributed by atoms with E-state index in [1.807, 2.05) is 17.5 Å². The summed E-state index contributed by atoms with van der Waals surface area (Å²) in [4.78, 5) is 28.6. The van der Waals surface area contributed by atoms with Gasteiger partial charge in [0, 0.05) is 19.1 Å². The van der Waals surface area contributed by atoms with Crippen molar-refractivity contribution in [3.8, 4) is 10.6 Å². The molecule has 0 atom stereocenters. The Balaban J connectivity index is 2.25. The quantitative estimate of drug-likeness (QED) is 0.549. The molecule has 0 radical (unpaired) electrons. The molecule has 0 amide bonds. The first-order valence-electron chi connectivity index (χ1n) is 6.14. The zero-order chi connectivity index (χ0) is 15.0. The van der Waals surface area contributed by atoms with E-state index < -0.39 is 5.97 Å². The number of rotatable bonds is 3. The van der Waals surface area contributed by atoms with Crippen LogP contribution in [0.15, 0.2) is 29.6 Å². The fourth-order valence-corrected chi connectivity index (χ4v) is 2.66. The summed E-state index contributed by atoms with van der Waals surface area (Å²) in [6.07, 6.45) is 0. The fraction of sp³-hybridized carbons (Fsp3) is 0.143. The van der Waals surface area contributed by atoms with Crippen LogP contribution in [0.2, 0.25) is 0 Å². The number of ether oxygens (including phenoxy) is 1. The highest BCUT2D eigenvalue weighted by Gasteiger charge is 2.17. The summed E-state index contributed by atoms with van der Waals surface area (Å²) in [5.41, 5.74) is 1.53. The van der Waals surface area contributed by atoms with Gasteiger partial charge in [0.15, 0.2) is 17.1 Å². The first-order valence-corrected chi connectivity index (χ1v) is 7.02. The van der Waals surface area contributed by atoms with E-state index in [0.717, 1.165) is 4.88 Å². The smallest absolute Gasteiger partial charge is 0.356 e. The van der Waals surface area contributed by atoms with Crippen LogP contribution in [0.1, 0.15) is 27.9 Å². The van der Waals surface area contributed by atoms with E-state index in [1.54, 1.807) is 17.4 Å². The van der Waals surface area contributed by atoms with E-state index in [2.05, 4.69) is 14.8 Å². The molecule has 7 heteroatoms. The average Bonchev–Trinajstić information content (AvgIpc) is 3.13. The summed E-state index contributed by atoms with van der Waals surface area (Å²) in [5, 5.41) is 6.34. The molecule has 21 heavy (non-hydrogen) atoms. The third-order valence-electron chi connectivity index (χ3n) is 2.96. The lowest BCUT2D eigenvalue weighted by Crippen LogP contribution is -2.11. The number of fused-ring (bicyclic) bond motifs is 1. The second kappa shape index (κ2) is 5.10. The number of esters is 1. The Morgan fingerprint density at radius 1 is 1.33 bits per heavy atom. The number of Topliss-reactive ketones (excluding diaryl/α,β-unsaturated/α-hetero) is 1. The predicted octanol–water partition coefficient (Wildman–Crippen LogP) is 2.45. The molecule has 0 unspecified atom stereocenters. The van der Waals surface area contributed by atoms with E-state index in [4.69, 9.17) is 0 Å². The minimum Gasteiger partial charge on any atom is -0.464 e. The minimum atomic E-state index is -0.584. The maximum Gasteiger partial charge on any atom is 0.356 e. The molecule has 3 aromatic heterocycles. The second-order valence-electron chi connectivity index (χ2n) is 4.35. The van der Waals surface area contributed by atoms with Gasteiger partial charge in [0.05, 0.1) is 12.0 Å². The second-order valence-corrected chi connectivity index (χ2v) is 5.30. The fourth-order valence-electron chi connectivity index (χ4n) is 1.98. The molecule has 3 heterocycles. The largest absolute Gasteiger partial charge is 0.464 e. The van der Waals surface area contributed by atoms with Crippen molar-refractivity contribution < 1.29 is 14.3 Å². The number of carbonyl (C=O) groups is 2. The van der Waals surface area contributed by atoms with Gasteiger partial charge in [-0.15, -0.1) is 11.3 Å². The Hall–Kier alpha value is -2.54. The molecule has 0 aliphatic rings. The number of carbonyl (C=O) groups excluding carboxylic acids is 2. The number of thiophene rings is 1. The normalized spacial score (nSPS) is 10.8. The average molecular weight is 301 g/mol. The van der Waals surface area contributed by atoms with Crippen molar-refractivity contribution in [3.05, 3.63) is 41.0 Å². The van der Waals surface area contributed by atoms with Crippen LogP contribution in [-0.2, 0) is 4.74 Å². The molecular formula is C14H11N3O3S. The lowest BCUT2D eigenvalue weighted by molar-refractivity contribution is 0.0594. The molecule has 0 N–H and O–H groups in total. The van der Waals surface area contributed by atoms with Gasteiger partial charge in [0.1, 0.15) is 11.4 Å². The maximum absolute atomic E-state index is 11.8. The summed E-state index contributed by atoms with van der Waals surface area (Å²) in [6, 6.07) is 6.99. The number of nitrogens with zero attached hydrogens (tertiary/aromatic N) is 3. The predicted molar refractivity (Wildman–Crippen MR) is 77.6 cm³/mol. The number of ketones is 1. The van der Waals surface area contributed by atoms with Crippen molar-refractivity contribution in [2.75, 3.05) is 7.11 Å². The van der Waals surface area contributed by atoms with Crippen molar-refractivity contribution in [3.63, 3.8) is 0 Å². The van der Waals surface area contributed by atoms with Gasteiger partial charge in [-0.2, -0.15) is 5.10 Å². The number of hydrogen-bond acceptors (Lipinski definition) is 6. The minimum absolute atomic E-state index is 0.0906. The molecule has 0 aliphatic carbocycles. The third-order valence-corrected chi connectivity index (χ3v) is 3.85. The molecule has 3 rings (SSSR count). The first kappa shape index (κ1) is 13.4. The Morgan fingerprint density at radius 3 is 2.76 bits per heavy atom. The maximum atomic E-state index is 11.8. The van der Waals surface area contributed by atoms with E-state index in [1.165, 1.54) is 24.6 Å². The van der Waals surface area contributed by atoms with E-state index >= 15 is 0 Å². The van der Waals surface area contributed by atoms with Crippen molar-refractivity contribution in [2.24, 2.45) is 0 Å². The lowest BCUT2D eigenvalue weighted by Gasteiger charge is -2.03. The zero-order valence-corrected chi connectivity index (χ0v) is 12.2. The lowest BCUT2D eigenvalue weighted by atomic mass is 10.2. The molecule has 0 spiro atoms. The van der Waals surface area contributed by atoms with Gasteiger partial charge in [-0.05, 0) is 11.4 Å². The molecule has 0 saturated heterocycles. The van der Waals surface area contributed by atoms with Crippen LogP contribution < -0.4 is 0 Å². The van der Waals surface area contributed by atoms with Crippen LogP contribution in [0.5, 0.6) is 0 Å². The number of hydrogen-bond donors (Lipinski definition) is 0. The number of aromatic nitrogens is 3. The van der Waals surface area contributed by atoms with Crippen LogP contribution in [-0.4, -0.2) is 33.5 Å². The molecular weight excluding hydrogens is 290 g/mol. The van der Waals surface area contributed by atoms with Gasteiger partial charge in [-0.25, -0.2) is 14.3 Å². The summed E-state index contributed by atoms with van der Waals surface area (Å²) in [5.74, 6) is -0.785. The summed E-state index contributed by atoms with van der Waals surface area (Å²) < 4.78 is 6.11. The molecule has 6 nitrogen and oxygen atoms in total. The molecule has 0 aromatic carbocycles. The van der Waals surface area contributed by atoms with Crippen LogP contribution in [0.4, 0.5) is 0 Å². The van der Waals surface area contributed by atoms with Gasteiger partial charge >= 0.3 is 5.97 Å². The van der Waals surface area contributed by atoms with Crippen LogP contribution in [0.25, 0.3) is 16.2 Å². The summed E-state index contributed by atoms with van der Waals surface area (Å²) in [6.45, 7) is 1.42. The first-order chi connectivity index (χ1) is 10.1. The van der Waals surface area contributed by atoms with Gasteiger partial charge in [0.2, 0.25) is 0 Å². The molecule has 0 saturated carbocycles. The topological polar surface area (TPSA) is 73.6 Å². The van der Waals surface area contributed by atoms with Gasteiger partial charge in [0.25, 0.3) is 0 Å². The van der Waals surface area contributed by atoms with Gasteiger partial charge in [-0.1, -0.05) is 6.07 Å². The van der Waals surface area contributed by atoms with Crippen LogP contribution in [0, 0.1) is 0 Å². The SMILES string of the molecule is COC(=O)c1cc(C(C)=O)n2nc(-c3cccs3)cc2n1. The molecule has 3 aromatic rings. The Kier molecular flexibility index (Phi) is 3.26. The van der Waals surface area contributed by atoms with Crippen LogP contribution >= 0.6 is 11.3 Å². The molecule has 0 fully saturated rings. The third kappa shape index (κ3) is 2.31. The van der Waals surface area contributed by atoms with E-state index in [0.29, 0.717) is 17.0 Å². The Labute approximate surface area is 124 Å². The van der Waals surface area contributed by atoms with E-state index in [-0.39, 0.29) is 11.5 Å². The highest BCUT2D eigenvalue weighted by Crippen LogP contribution is 2.24. The monoisotopic (exact) mass is 301 g/mol. The van der Waals surface area contributed by atoms with Crippen molar-refractivity contribution >= 4 is 28.7 Å². The molecule has 0 bridgehead atoms. The zero-order valence-electron chi connectivity index (χ0n) is 11.4. The van der Waals surface area contributed by atoms with Crippen molar-refractivity contribution in [1.29, 1.82) is 0 Å². The molecule has 106 valence electrons. The Bertz CT molecular complexity index is 837.